The second kappa shape index (κ2) is 9.62. The van der Waals surface area contributed by atoms with E-state index in [0.717, 1.165) is 25.4 Å². The van der Waals surface area contributed by atoms with Gasteiger partial charge in [-0.2, -0.15) is 0 Å². The third-order valence-electron chi connectivity index (χ3n) is 6.08. The molecule has 9 heteroatoms. The maximum absolute atomic E-state index is 12.4. The van der Waals surface area contributed by atoms with Crippen molar-refractivity contribution in [3.63, 3.8) is 0 Å². The summed E-state index contributed by atoms with van der Waals surface area (Å²) in [6, 6.07) is 7.69. The number of β-lactam (4-membered cyclic amide) rings is 1. The van der Waals surface area contributed by atoms with Gasteiger partial charge in [-0.15, -0.1) is 11.8 Å². The number of carbonyl (C=O) groups excluding carboxylic acids is 2. The van der Waals surface area contributed by atoms with Gasteiger partial charge in [-0.25, -0.2) is 0 Å². The van der Waals surface area contributed by atoms with Crippen molar-refractivity contribution in [1.82, 2.24) is 9.80 Å². The third-order valence-corrected chi connectivity index (χ3v) is 7.53. The molecule has 3 heterocycles. The summed E-state index contributed by atoms with van der Waals surface area (Å²) in [5.74, 6) is -1.45. The maximum atomic E-state index is 12.4. The van der Waals surface area contributed by atoms with Gasteiger partial charge in [0.2, 0.25) is 5.91 Å². The minimum absolute atomic E-state index is 0. The van der Waals surface area contributed by atoms with Gasteiger partial charge < -0.3 is 24.6 Å². The Morgan fingerprint density at radius 3 is 2.50 bits per heavy atom. The van der Waals surface area contributed by atoms with Gasteiger partial charge in [0.25, 0.3) is 0 Å². The van der Waals surface area contributed by atoms with Crippen LogP contribution in [0.5, 0.6) is 5.75 Å². The number of nitrogens with zero attached hydrogens (tertiary/aromatic N) is 2. The molecular formula is C21H25KN2O5S. The van der Waals surface area contributed by atoms with Crippen molar-refractivity contribution in [3.8, 4) is 5.75 Å². The molecule has 0 saturated carbocycles. The van der Waals surface area contributed by atoms with E-state index >= 15 is 0 Å². The topological polar surface area (TPSA) is 93.1 Å². The maximum Gasteiger partial charge on any atom is 1.00 e. The summed E-state index contributed by atoms with van der Waals surface area (Å²) < 4.78 is 5.18. The third kappa shape index (κ3) is 4.28. The number of thioether (sulfide) groups is 1. The Bertz CT molecular complexity index is 853. The molecule has 7 nitrogen and oxygen atoms in total. The van der Waals surface area contributed by atoms with Crippen LogP contribution in [-0.2, 0) is 16.1 Å². The molecule has 2 saturated heterocycles. The molecule has 0 aromatic heterocycles. The summed E-state index contributed by atoms with van der Waals surface area (Å²) in [5.41, 5.74) is 1.20. The van der Waals surface area contributed by atoms with Crippen LogP contribution in [0.1, 0.15) is 19.4 Å². The molecule has 1 N–H and O–H groups in total. The number of aliphatic hydroxyl groups is 1. The molecule has 3 aliphatic heterocycles. The summed E-state index contributed by atoms with van der Waals surface area (Å²) in [5, 5.41) is 21.9. The predicted octanol–water partition coefficient (Wildman–Crippen LogP) is -2.56. The van der Waals surface area contributed by atoms with Crippen LogP contribution in [0, 0.1) is 11.8 Å². The SMILES string of the molecule is COc1ccc(CN2CC(SC3=C(C(=O)[O-])N4C(=O)[C@H]([C@@H](C)O)[C@H]4[C@H]3C)C2)cc1.[K+]. The van der Waals surface area contributed by atoms with Crippen LogP contribution in [0.3, 0.4) is 0 Å². The zero-order chi connectivity index (χ0) is 20.9. The Labute approximate surface area is 223 Å². The standard InChI is InChI=1S/C21H26N2O5S.K/c1-11-17-16(12(2)24)20(25)23(17)18(21(26)27)19(11)29-15-9-22(10-15)8-13-4-6-14(28-3)7-5-13;/h4-7,11-12,15-17,24H,8-10H2,1-3H3,(H,26,27);/q;+1/p-1/t11-,12-,16-,17-;/m1./s1. The largest absolute Gasteiger partial charge is 1.00 e. The van der Waals surface area contributed by atoms with Crippen molar-refractivity contribution in [2.75, 3.05) is 20.2 Å². The van der Waals surface area contributed by atoms with Gasteiger partial charge in [0.15, 0.2) is 0 Å². The Morgan fingerprint density at radius 1 is 1.33 bits per heavy atom. The van der Waals surface area contributed by atoms with E-state index in [1.807, 2.05) is 31.2 Å². The van der Waals surface area contributed by atoms with Crippen molar-refractivity contribution in [1.29, 1.82) is 0 Å². The number of carboxylic acids is 1. The molecule has 0 radical (unpaired) electrons. The van der Waals surface area contributed by atoms with Crippen LogP contribution >= 0.6 is 11.8 Å². The number of methoxy groups -OCH3 is 1. The predicted molar refractivity (Wildman–Crippen MR) is 107 cm³/mol. The molecule has 1 aromatic carbocycles. The minimum atomic E-state index is -1.31. The molecule has 30 heavy (non-hydrogen) atoms. The quantitative estimate of drug-likeness (QED) is 0.356. The first-order valence-corrected chi connectivity index (χ1v) is 10.7. The number of hydrogen-bond donors (Lipinski definition) is 1. The molecule has 0 aliphatic carbocycles. The van der Waals surface area contributed by atoms with Crippen molar-refractivity contribution >= 4 is 23.6 Å². The molecule has 1 amide bonds. The Kier molecular flexibility index (Phi) is 7.78. The number of hydrogen-bond acceptors (Lipinski definition) is 7. The van der Waals surface area contributed by atoms with Crippen molar-refractivity contribution in [3.05, 3.63) is 40.4 Å². The van der Waals surface area contributed by atoms with Gasteiger partial charge in [-0.05, 0) is 24.6 Å². The first-order valence-electron chi connectivity index (χ1n) is 9.80. The van der Waals surface area contributed by atoms with Gasteiger partial charge >= 0.3 is 51.4 Å². The first kappa shape index (κ1) is 24.3. The van der Waals surface area contributed by atoms with Crippen LogP contribution in [0.4, 0.5) is 0 Å². The number of aliphatic hydroxyl groups excluding tert-OH is 1. The molecule has 0 spiro atoms. The van der Waals surface area contributed by atoms with Crippen LogP contribution in [0.15, 0.2) is 34.9 Å². The fourth-order valence-corrected chi connectivity index (χ4v) is 6.14. The number of carbonyl (C=O) groups is 2. The van der Waals surface area contributed by atoms with E-state index in [0.29, 0.717) is 4.91 Å². The van der Waals surface area contributed by atoms with Crippen molar-refractivity contribution in [2.24, 2.45) is 11.8 Å². The summed E-state index contributed by atoms with van der Waals surface area (Å²) in [6.45, 7) is 6.06. The minimum Gasteiger partial charge on any atom is -0.543 e. The number of ether oxygens (including phenoxy) is 1. The van der Waals surface area contributed by atoms with E-state index in [9.17, 15) is 19.8 Å². The number of carboxylic acid groups (broad SMARTS) is 1. The number of rotatable bonds is 7. The van der Waals surface area contributed by atoms with Crippen molar-refractivity contribution in [2.45, 2.75) is 37.8 Å². The summed E-state index contributed by atoms with van der Waals surface area (Å²) in [7, 11) is 1.64. The average molecular weight is 457 g/mol. The zero-order valence-electron chi connectivity index (χ0n) is 17.7. The van der Waals surface area contributed by atoms with Crippen LogP contribution in [0.2, 0.25) is 0 Å². The van der Waals surface area contributed by atoms with E-state index in [-0.39, 0.29) is 80.2 Å². The Hall–Kier alpha value is -0.394. The normalized spacial score (nSPS) is 27.1. The Balaban J connectivity index is 0.00000256. The number of amides is 1. The molecule has 2 fully saturated rings. The molecule has 1 aromatic rings. The van der Waals surface area contributed by atoms with E-state index in [4.69, 9.17) is 4.74 Å². The van der Waals surface area contributed by atoms with Gasteiger partial charge in [0.05, 0.1) is 36.8 Å². The molecular weight excluding hydrogens is 431 g/mol. The molecule has 0 unspecified atom stereocenters. The second-order valence-corrected chi connectivity index (χ2v) is 9.38. The number of benzene rings is 1. The van der Waals surface area contributed by atoms with E-state index in [1.54, 1.807) is 25.8 Å². The zero-order valence-corrected chi connectivity index (χ0v) is 21.6. The summed E-state index contributed by atoms with van der Waals surface area (Å²) >= 11 is 1.54. The first-order chi connectivity index (χ1) is 13.8. The Morgan fingerprint density at radius 2 is 1.97 bits per heavy atom. The average Bonchev–Trinajstić information content (AvgIpc) is 2.89. The number of likely N-dealkylation sites (tertiary alicyclic amines) is 1. The van der Waals surface area contributed by atoms with Gasteiger partial charge in [-0.3, -0.25) is 9.69 Å². The van der Waals surface area contributed by atoms with Crippen molar-refractivity contribution < 1.29 is 75.9 Å². The monoisotopic (exact) mass is 456 g/mol. The summed E-state index contributed by atoms with van der Waals surface area (Å²) in [4.78, 5) is 28.5. The fourth-order valence-electron chi connectivity index (χ4n) is 4.56. The molecule has 156 valence electrons. The number of fused-ring (bicyclic) bond motifs is 1. The summed E-state index contributed by atoms with van der Waals surface area (Å²) in [6.07, 6.45) is -0.790. The van der Waals surface area contributed by atoms with Gasteiger partial charge in [-0.1, -0.05) is 19.1 Å². The van der Waals surface area contributed by atoms with Crippen LogP contribution in [-0.4, -0.2) is 64.4 Å². The van der Waals surface area contributed by atoms with Crippen LogP contribution < -0.4 is 61.2 Å². The van der Waals surface area contributed by atoms with Gasteiger partial charge in [0, 0.05) is 35.7 Å². The molecule has 3 aliphatic rings. The van der Waals surface area contributed by atoms with E-state index < -0.39 is 18.0 Å². The number of aliphatic carboxylic acids is 1. The smallest absolute Gasteiger partial charge is 0.543 e. The molecule has 4 atom stereocenters. The molecule has 4 rings (SSSR count). The molecule has 0 bridgehead atoms. The van der Waals surface area contributed by atoms with Gasteiger partial charge in [0.1, 0.15) is 5.75 Å². The van der Waals surface area contributed by atoms with Crippen LogP contribution in [0.25, 0.3) is 0 Å². The second-order valence-electron chi connectivity index (χ2n) is 8.04. The fraction of sp³-hybridized carbons (Fsp3) is 0.524. The van der Waals surface area contributed by atoms with E-state index in [1.165, 1.54) is 10.5 Å². The van der Waals surface area contributed by atoms with E-state index in [2.05, 4.69) is 4.90 Å².